The second-order valence-electron chi connectivity index (χ2n) is 9.19. The Bertz CT molecular complexity index is 1250. The highest BCUT2D eigenvalue weighted by Gasteiger charge is 2.43. The van der Waals surface area contributed by atoms with Gasteiger partial charge in [0.25, 0.3) is 0 Å². The van der Waals surface area contributed by atoms with E-state index in [0.29, 0.717) is 0 Å². The van der Waals surface area contributed by atoms with Crippen molar-refractivity contribution < 1.29 is 32.6 Å². The minimum atomic E-state index is -4.22. The Balaban J connectivity index is 2.02. The molecule has 11 heteroatoms. The number of sulfonamides is 1. The van der Waals surface area contributed by atoms with E-state index in [-0.39, 0.29) is 54.3 Å². The first kappa shape index (κ1) is 28.1. The van der Waals surface area contributed by atoms with Crippen LogP contribution >= 0.6 is 0 Å². The summed E-state index contributed by atoms with van der Waals surface area (Å²) in [6.45, 7) is 5.36. The van der Waals surface area contributed by atoms with Gasteiger partial charge in [-0.25, -0.2) is 8.42 Å². The van der Waals surface area contributed by atoms with Crippen molar-refractivity contribution in [2.45, 2.75) is 50.7 Å². The molecule has 2 aromatic carbocycles. The fourth-order valence-corrected chi connectivity index (χ4v) is 6.00. The quantitative estimate of drug-likeness (QED) is 0.525. The molecule has 0 saturated carbocycles. The lowest BCUT2D eigenvalue weighted by atomic mass is 10.1. The second kappa shape index (κ2) is 11.7. The van der Waals surface area contributed by atoms with Gasteiger partial charge in [-0.15, -0.1) is 0 Å². The van der Waals surface area contributed by atoms with Gasteiger partial charge in [-0.2, -0.15) is 4.31 Å². The van der Waals surface area contributed by atoms with E-state index in [1.807, 2.05) is 44.2 Å². The highest BCUT2D eigenvalue weighted by atomic mass is 32.2. The van der Waals surface area contributed by atoms with Crippen LogP contribution in [0.5, 0.6) is 5.75 Å². The Morgan fingerprint density at radius 2 is 1.78 bits per heavy atom. The van der Waals surface area contributed by atoms with Gasteiger partial charge in [-0.05, 0) is 37.6 Å². The number of ether oxygens (including phenoxy) is 1. The Kier molecular flexibility index (Phi) is 8.93. The van der Waals surface area contributed by atoms with Crippen LogP contribution in [0, 0.1) is 0 Å². The number of hydrogen-bond donors (Lipinski definition) is 1. The highest BCUT2D eigenvalue weighted by molar-refractivity contribution is 7.89. The van der Waals surface area contributed by atoms with Crippen molar-refractivity contribution >= 4 is 27.8 Å². The molecule has 1 unspecified atom stereocenters. The van der Waals surface area contributed by atoms with Gasteiger partial charge in [-0.1, -0.05) is 30.3 Å². The smallest absolute Gasteiger partial charge is 0.307 e. The molecule has 0 bridgehead atoms. The number of carbonyl (C=O) groups excluding carboxylic acids is 2. The highest BCUT2D eigenvalue weighted by Crippen LogP contribution is 2.28. The van der Waals surface area contributed by atoms with Gasteiger partial charge in [0.2, 0.25) is 21.8 Å². The zero-order valence-electron chi connectivity index (χ0n) is 21.5. The van der Waals surface area contributed by atoms with Crippen molar-refractivity contribution in [3.63, 3.8) is 0 Å². The zero-order chi connectivity index (χ0) is 27.3. The van der Waals surface area contributed by atoms with Crippen molar-refractivity contribution in [1.82, 2.24) is 14.1 Å². The molecule has 1 aliphatic heterocycles. The summed E-state index contributed by atoms with van der Waals surface area (Å²) in [7, 11) is -2.85. The van der Waals surface area contributed by atoms with Crippen molar-refractivity contribution in [3.8, 4) is 5.75 Å². The maximum atomic E-state index is 13.9. The molecule has 0 spiro atoms. The van der Waals surface area contributed by atoms with E-state index >= 15 is 0 Å². The van der Waals surface area contributed by atoms with Gasteiger partial charge >= 0.3 is 5.97 Å². The molecule has 0 aromatic heterocycles. The molecule has 0 radical (unpaired) electrons. The van der Waals surface area contributed by atoms with Crippen LogP contribution in [0.1, 0.15) is 31.9 Å². The molecule has 1 heterocycles. The predicted octanol–water partition coefficient (Wildman–Crippen LogP) is 1.98. The molecule has 1 atom stereocenters. The first-order valence-electron chi connectivity index (χ1n) is 12.0. The number of carbonyl (C=O) groups is 3. The Morgan fingerprint density at radius 3 is 2.35 bits per heavy atom. The number of aliphatic carboxylic acids is 1. The molecule has 1 N–H and O–H groups in total. The summed E-state index contributed by atoms with van der Waals surface area (Å²) in [6.07, 6.45) is -0.425. The topological polar surface area (TPSA) is 125 Å². The maximum absolute atomic E-state index is 13.9. The summed E-state index contributed by atoms with van der Waals surface area (Å²) in [5.41, 5.74) is 1.10. The number of benzene rings is 2. The Labute approximate surface area is 217 Å². The Hall–Kier alpha value is -3.44. The Morgan fingerprint density at radius 1 is 1.11 bits per heavy atom. The zero-order valence-corrected chi connectivity index (χ0v) is 22.3. The molecule has 2 aromatic rings. The van der Waals surface area contributed by atoms with Crippen molar-refractivity contribution in [2.24, 2.45) is 0 Å². The molecule has 3 rings (SSSR count). The largest absolute Gasteiger partial charge is 0.496 e. The molecule has 37 heavy (non-hydrogen) atoms. The van der Waals surface area contributed by atoms with Crippen LogP contribution < -0.4 is 4.74 Å². The van der Waals surface area contributed by atoms with Crippen LogP contribution in [-0.4, -0.2) is 84.2 Å². The predicted molar refractivity (Wildman–Crippen MR) is 136 cm³/mol. The van der Waals surface area contributed by atoms with E-state index in [0.717, 1.165) is 9.87 Å². The number of amides is 2. The second-order valence-corrected chi connectivity index (χ2v) is 11.1. The fourth-order valence-electron chi connectivity index (χ4n) is 4.38. The lowest BCUT2D eigenvalue weighted by molar-refractivity contribution is -0.142. The third-order valence-corrected chi connectivity index (χ3v) is 8.27. The lowest BCUT2D eigenvalue weighted by Crippen LogP contribution is -2.62. The van der Waals surface area contributed by atoms with E-state index in [1.54, 1.807) is 4.90 Å². The molecule has 0 aliphatic carbocycles. The minimum absolute atomic E-state index is 0.0735. The summed E-state index contributed by atoms with van der Waals surface area (Å²) in [6, 6.07) is 12.0. The van der Waals surface area contributed by atoms with Crippen molar-refractivity contribution in [3.05, 3.63) is 59.7 Å². The van der Waals surface area contributed by atoms with Crippen LogP contribution in [0.15, 0.2) is 53.4 Å². The summed E-state index contributed by atoms with van der Waals surface area (Å²) in [5, 5.41) is 9.26. The molecule has 2 amide bonds. The molecule has 200 valence electrons. The molecule has 1 aliphatic rings. The normalized spacial score (nSPS) is 16.5. The van der Waals surface area contributed by atoms with Gasteiger partial charge in [0.15, 0.2) is 0 Å². The minimum Gasteiger partial charge on any atom is -0.496 e. The maximum Gasteiger partial charge on any atom is 0.307 e. The van der Waals surface area contributed by atoms with E-state index < -0.39 is 34.4 Å². The van der Waals surface area contributed by atoms with Crippen LogP contribution in [0.25, 0.3) is 0 Å². The number of nitrogens with zero attached hydrogens (tertiary/aromatic N) is 3. The van der Waals surface area contributed by atoms with Crippen molar-refractivity contribution in [2.75, 3.05) is 26.7 Å². The third-order valence-electron chi connectivity index (χ3n) is 6.36. The van der Waals surface area contributed by atoms with Crippen LogP contribution in [0.3, 0.4) is 0 Å². The molecule has 10 nitrogen and oxygen atoms in total. The van der Waals surface area contributed by atoms with Crippen molar-refractivity contribution in [1.29, 1.82) is 0 Å². The number of carboxylic acid groups (broad SMARTS) is 1. The molecule has 1 fully saturated rings. The molecular formula is C26H33N3O7S. The van der Waals surface area contributed by atoms with Gasteiger partial charge < -0.3 is 19.6 Å². The van der Waals surface area contributed by atoms with E-state index in [2.05, 4.69) is 0 Å². The van der Waals surface area contributed by atoms with Gasteiger partial charge in [-0.3, -0.25) is 14.4 Å². The first-order valence-corrected chi connectivity index (χ1v) is 13.4. The van der Waals surface area contributed by atoms with E-state index in [9.17, 15) is 27.9 Å². The molecular weight excluding hydrogens is 498 g/mol. The third kappa shape index (κ3) is 6.47. The van der Waals surface area contributed by atoms with Gasteiger partial charge in [0.1, 0.15) is 11.8 Å². The number of carboxylic acids is 1. The standard InChI is InChI=1S/C26H33N3O7S/c1-18(2)28(16-20-8-6-5-7-9-20)26(33)23-17-27(19(3)30)12-13-29(23)37(34,35)22-10-11-24(36-4)21(14-22)15-25(31)32/h5-11,14,18,23H,12-13,15-17H2,1-4H3,(H,31,32). The summed E-state index contributed by atoms with van der Waals surface area (Å²) < 4.78 is 34.0. The SMILES string of the molecule is COc1ccc(S(=O)(=O)N2CCN(C(C)=O)CC2C(=O)N(Cc2ccccc2)C(C)C)cc1CC(=O)O. The van der Waals surface area contributed by atoms with E-state index in [4.69, 9.17) is 4.74 Å². The lowest BCUT2D eigenvalue weighted by Gasteiger charge is -2.42. The van der Waals surface area contributed by atoms with Gasteiger partial charge in [0.05, 0.1) is 18.4 Å². The average Bonchev–Trinajstić information content (AvgIpc) is 2.86. The number of hydrogen-bond acceptors (Lipinski definition) is 6. The summed E-state index contributed by atoms with van der Waals surface area (Å²) in [5.74, 6) is -1.54. The fraction of sp³-hybridized carbons (Fsp3) is 0.423. The first-order chi connectivity index (χ1) is 17.4. The van der Waals surface area contributed by atoms with Crippen LogP contribution in [0.4, 0.5) is 0 Å². The number of piperazine rings is 1. The number of methoxy groups -OCH3 is 1. The average molecular weight is 532 g/mol. The summed E-state index contributed by atoms with van der Waals surface area (Å²) >= 11 is 0. The van der Waals surface area contributed by atoms with E-state index in [1.165, 1.54) is 37.1 Å². The summed E-state index contributed by atoms with van der Waals surface area (Å²) in [4.78, 5) is 40.3. The van der Waals surface area contributed by atoms with Crippen LogP contribution in [-0.2, 0) is 37.4 Å². The van der Waals surface area contributed by atoms with Crippen LogP contribution in [0.2, 0.25) is 0 Å². The molecule has 1 saturated heterocycles. The number of rotatable bonds is 9. The van der Waals surface area contributed by atoms with Gasteiger partial charge in [0, 0.05) is 44.7 Å². The monoisotopic (exact) mass is 531 g/mol.